The minimum atomic E-state index is -0.104. The van der Waals surface area contributed by atoms with Gasteiger partial charge in [-0.2, -0.15) is 5.26 Å². The molecule has 0 unspecified atom stereocenters. The highest BCUT2D eigenvalue weighted by atomic mass is 16.5. The van der Waals surface area contributed by atoms with Crippen LogP contribution in [0.5, 0.6) is 5.75 Å². The summed E-state index contributed by atoms with van der Waals surface area (Å²) in [5, 5.41) is 11.6. The Morgan fingerprint density at radius 2 is 2.18 bits per heavy atom. The van der Waals surface area contributed by atoms with E-state index in [0.29, 0.717) is 29.8 Å². The van der Waals surface area contributed by atoms with Crippen LogP contribution in [0.4, 0.5) is 0 Å². The Morgan fingerprint density at radius 3 is 2.77 bits per heavy atom. The van der Waals surface area contributed by atoms with Crippen molar-refractivity contribution >= 4 is 5.91 Å². The first-order chi connectivity index (χ1) is 10.6. The maximum absolute atomic E-state index is 11.8. The van der Waals surface area contributed by atoms with E-state index >= 15 is 0 Å². The molecule has 0 aromatic heterocycles. The van der Waals surface area contributed by atoms with Gasteiger partial charge in [-0.05, 0) is 57.0 Å². The van der Waals surface area contributed by atoms with Gasteiger partial charge in [0.25, 0.3) is 5.91 Å². The van der Waals surface area contributed by atoms with Crippen LogP contribution in [0.3, 0.4) is 0 Å². The molecule has 2 rings (SSSR count). The number of hydrogen-bond donors (Lipinski definition) is 1. The van der Waals surface area contributed by atoms with Crippen LogP contribution in [-0.2, 0) is 4.79 Å². The lowest BCUT2D eigenvalue weighted by molar-refractivity contribution is -0.123. The van der Waals surface area contributed by atoms with Crippen LogP contribution in [0.1, 0.15) is 25.8 Å². The highest BCUT2D eigenvalue weighted by Gasteiger charge is 2.24. The zero-order valence-electron chi connectivity index (χ0n) is 13.2. The number of carbonyl (C=O) groups is 1. The second-order valence-corrected chi connectivity index (χ2v) is 5.97. The van der Waals surface area contributed by atoms with E-state index < -0.39 is 0 Å². The predicted octanol–water partition coefficient (Wildman–Crippen LogP) is 1.78. The van der Waals surface area contributed by atoms with Crippen LogP contribution in [-0.4, -0.2) is 43.1 Å². The fraction of sp³-hybridized carbons (Fsp3) is 0.529. The summed E-state index contributed by atoms with van der Waals surface area (Å²) in [6.07, 6.45) is 1.13. The lowest BCUT2D eigenvalue weighted by Crippen LogP contribution is -2.35. The summed E-state index contributed by atoms with van der Waals surface area (Å²) < 4.78 is 5.41. The second kappa shape index (κ2) is 7.81. The average Bonchev–Trinajstić information content (AvgIpc) is 3.00. The van der Waals surface area contributed by atoms with Crippen molar-refractivity contribution in [3.63, 3.8) is 0 Å². The van der Waals surface area contributed by atoms with E-state index in [1.54, 1.807) is 24.3 Å². The molecule has 1 aliphatic heterocycles. The molecular weight excluding hydrogens is 278 g/mol. The van der Waals surface area contributed by atoms with E-state index in [-0.39, 0.29) is 12.5 Å². The van der Waals surface area contributed by atoms with Crippen LogP contribution in [0, 0.1) is 17.2 Å². The topological polar surface area (TPSA) is 65.4 Å². The molecular formula is C17H23N3O2. The smallest absolute Gasteiger partial charge is 0.257 e. The van der Waals surface area contributed by atoms with Gasteiger partial charge in [0.2, 0.25) is 0 Å². The summed E-state index contributed by atoms with van der Waals surface area (Å²) in [5.74, 6) is 1.02. The summed E-state index contributed by atoms with van der Waals surface area (Å²) in [5.41, 5.74) is 0.577. The van der Waals surface area contributed by atoms with Gasteiger partial charge in [0.15, 0.2) is 6.61 Å². The number of benzene rings is 1. The van der Waals surface area contributed by atoms with Crippen molar-refractivity contribution in [2.24, 2.45) is 5.92 Å². The van der Waals surface area contributed by atoms with Crippen molar-refractivity contribution in [3.05, 3.63) is 29.8 Å². The summed E-state index contributed by atoms with van der Waals surface area (Å²) in [4.78, 5) is 14.2. The van der Waals surface area contributed by atoms with Gasteiger partial charge < -0.3 is 15.0 Å². The van der Waals surface area contributed by atoms with Crippen LogP contribution in [0.2, 0.25) is 0 Å². The highest BCUT2D eigenvalue weighted by molar-refractivity contribution is 5.77. The molecule has 1 amide bonds. The third-order valence-electron chi connectivity index (χ3n) is 3.99. The molecule has 1 atom stereocenters. The molecule has 0 saturated carbocycles. The number of nitrogens with one attached hydrogen (secondary N) is 1. The van der Waals surface area contributed by atoms with Gasteiger partial charge in [-0.15, -0.1) is 0 Å². The molecule has 1 aliphatic rings. The zero-order valence-corrected chi connectivity index (χ0v) is 13.2. The van der Waals surface area contributed by atoms with E-state index in [9.17, 15) is 4.79 Å². The van der Waals surface area contributed by atoms with E-state index in [1.165, 1.54) is 0 Å². The molecule has 0 spiro atoms. The number of hydrogen-bond acceptors (Lipinski definition) is 4. The quantitative estimate of drug-likeness (QED) is 0.870. The van der Waals surface area contributed by atoms with E-state index in [4.69, 9.17) is 10.00 Å². The van der Waals surface area contributed by atoms with Gasteiger partial charge in [0, 0.05) is 19.1 Å². The fourth-order valence-corrected chi connectivity index (χ4v) is 2.58. The molecule has 1 N–H and O–H groups in total. The zero-order chi connectivity index (χ0) is 15.9. The molecule has 1 aromatic rings. The van der Waals surface area contributed by atoms with E-state index in [0.717, 1.165) is 19.5 Å². The summed E-state index contributed by atoms with van der Waals surface area (Å²) in [6.45, 7) is 7.28. The standard InChI is InChI=1S/C17H23N3O2/c1-13(2)20-8-7-15(11-20)10-19-17(21)12-22-16-5-3-14(9-18)4-6-16/h3-6,13,15H,7-8,10-12H2,1-2H3,(H,19,21)/t15-/m0/s1. The molecule has 1 fully saturated rings. The number of ether oxygens (including phenoxy) is 1. The molecule has 22 heavy (non-hydrogen) atoms. The largest absolute Gasteiger partial charge is 0.484 e. The van der Waals surface area contributed by atoms with Crippen molar-refractivity contribution in [1.82, 2.24) is 10.2 Å². The first kappa shape index (κ1) is 16.3. The molecule has 5 heteroatoms. The maximum atomic E-state index is 11.8. The van der Waals surface area contributed by atoms with Crippen molar-refractivity contribution in [2.75, 3.05) is 26.2 Å². The normalized spacial score (nSPS) is 18.2. The van der Waals surface area contributed by atoms with E-state index in [2.05, 4.69) is 24.1 Å². The Kier molecular flexibility index (Phi) is 5.79. The Hall–Kier alpha value is -2.06. The number of amides is 1. The summed E-state index contributed by atoms with van der Waals surface area (Å²) in [6, 6.07) is 9.35. The predicted molar refractivity (Wildman–Crippen MR) is 84.5 cm³/mol. The van der Waals surface area contributed by atoms with Gasteiger partial charge in [-0.1, -0.05) is 0 Å². The highest BCUT2D eigenvalue weighted by Crippen LogP contribution is 2.17. The lowest BCUT2D eigenvalue weighted by Gasteiger charge is -2.20. The van der Waals surface area contributed by atoms with Crippen molar-refractivity contribution in [1.29, 1.82) is 5.26 Å². The first-order valence-electron chi connectivity index (χ1n) is 7.72. The van der Waals surface area contributed by atoms with Crippen molar-refractivity contribution in [3.8, 4) is 11.8 Å². The molecule has 1 heterocycles. The van der Waals surface area contributed by atoms with Crippen molar-refractivity contribution < 1.29 is 9.53 Å². The molecule has 118 valence electrons. The van der Waals surface area contributed by atoms with Crippen LogP contribution >= 0.6 is 0 Å². The number of nitrogens with zero attached hydrogens (tertiary/aromatic N) is 2. The van der Waals surface area contributed by atoms with Gasteiger partial charge in [-0.25, -0.2) is 0 Å². The number of carbonyl (C=O) groups excluding carboxylic acids is 1. The molecule has 0 aliphatic carbocycles. The van der Waals surface area contributed by atoms with Crippen LogP contribution in [0.15, 0.2) is 24.3 Å². The second-order valence-electron chi connectivity index (χ2n) is 5.97. The van der Waals surface area contributed by atoms with Gasteiger partial charge in [0.1, 0.15) is 5.75 Å². The molecule has 1 saturated heterocycles. The Bertz CT molecular complexity index is 534. The average molecular weight is 301 g/mol. The van der Waals surface area contributed by atoms with Gasteiger partial charge in [-0.3, -0.25) is 4.79 Å². The first-order valence-corrected chi connectivity index (χ1v) is 7.72. The van der Waals surface area contributed by atoms with Crippen LogP contribution in [0.25, 0.3) is 0 Å². The van der Waals surface area contributed by atoms with Gasteiger partial charge in [0.05, 0.1) is 11.6 Å². The molecule has 0 radical (unpaired) electrons. The molecule has 5 nitrogen and oxygen atoms in total. The third-order valence-corrected chi connectivity index (χ3v) is 3.99. The monoisotopic (exact) mass is 301 g/mol. The Labute approximate surface area is 131 Å². The van der Waals surface area contributed by atoms with Crippen LogP contribution < -0.4 is 10.1 Å². The molecule has 0 bridgehead atoms. The maximum Gasteiger partial charge on any atom is 0.257 e. The number of rotatable bonds is 6. The van der Waals surface area contributed by atoms with Crippen molar-refractivity contribution in [2.45, 2.75) is 26.3 Å². The number of likely N-dealkylation sites (tertiary alicyclic amines) is 1. The lowest BCUT2D eigenvalue weighted by atomic mass is 10.1. The number of nitriles is 1. The Morgan fingerprint density at radius 1 is 1.45 bits per heavy atom. The fourth-order valence-electron chi connectivity index (χ4n) is 2.58. The van der Waals surface area contributed by atoms with Gasteiger partial charge >= 0.3 is 0 Å². The minimum absolute atomic E-state index is 0.00646. The van der Waals surface area contributed by atoms with E-state index in [1.807, 2.05) is 6.07 Å². The summed E-state index contributed by atoms with van der Waals surface area (Å²) >= 11 is 0. The minimum Gasteiger partial charge on any atom is -0.484 e. The molecule has 1 aromatic carbocycles. The third kappa shape index (κ3) is 4.74. The summed E-state index contributed by atoms with van der Waals surface area (Å²) in [7, 11) is 0. The SMILES string of the molecule is CC(C)N1CC[C@@H](CNC(=O)COc2ccc(C#N)cc2)C1. The Balaban J connectivity index is 1.67.